The molecule has 4 rings (SSSR count). The highest BCUT2D eigenvalue weighted by Crippen LogP contribution is 2.56. The molecule has 3 aliphatic rings. The molecule has 7 heteroatoms. The fourth-order valence-electron chi connectivity index (χ4n) is 5.68. The molecule has 3 atom stereocenters. The number of nitro groups is 1. The van der Waals surface area contributed by atoms with E-state index in [2.05, 4.69) is 17.3 Å². The highest BCUT2D eigenvalue weighted by Gasteiger charge is 2.53. The van der Waals surface area contributed by atoms with Gasteiger partial charge in [0.15, 0.2) is 0 Å². The fourth-order valence-corrected chi connectivity index (χ4v) is 5.74. The number of rotatable bonds is 3. The molecule has 1 saturated heterocycles. The van der Waals surface area contributed by atoms with Crippen LogP contribution in [0.2, 0.25) is 0 Å². The number of benzene rings is 1. The van der Waals surface area contributed by atoms with Crippen LogP contribution in [0.25, 0.3) is 0 Å². The molecule has 1 aliphatic heterocycles. The second kappa shape index (κ2) is 6.50. The van der Waals surface area contributed by atoms with Crippen LogP contribution in [0.4, 0.5) is 11.4 Å². The largest absolute Gasteiger partial charge is 0.319 e. The Morgan fingerprint density at radius 3 is 2.96 bits per heavy atom. The molecule has 140 valence electrons. The lowest BCUT2D eigenvalue weighted by molar-refractivity contribution is -0.384. The van der Waals surface area contributed by atoms with Crippen molar-refractivity contribution in [2.24, 2.45) is 5.92 Å². The maximum atomic E-state index is 11.8. The van der Waals surface area contributed by atoms with Crippen LogP contribution in [-0.4, -0.2) is 41.2 Å². The summed E-state index contributed by atoms with van der Waals surface area (Å²) in [6, 6.07) is 4.04. The lowest BCUT2D eigenvalue weighted by atomic mass is 9.52. The Kier molecular flexibility index (Phi) is 4.43. The van der Waals surface area contributed by atoms with Gasteiger partial charge in [0.2, 0.25) is 5.91 Å². The Labute approximate surface area is 158 Å². The minimum atomic E-state index is -0.413. The van der Waals surface area contributed by atoms with Crippen LogP contribution in [0.5, 0.6) is 0 Å². The number of likely N-dealkylation sites (N-methyl/N-ethyl adjacent to an activating group) is 1. The zero-order valence-corrected chi connectivity index (χ0v) is 15.7. The molecule has 0 radical (unpaired) electrons. The van der Waals surface area contributed by atoms with E-state index in [0.29, 0.717) is 12.0 Å². The van der Waals surface area contributed by atoms with Gasteiger partial charge in [-0.1, -0.05) is 12.8 Å². The number of nitro benzene ring substituents is 1. The van der Waals surface area contributed by atoms with Gasteiger partial charge < -0.3 is 10.2 Å². The molecular weight excluding hydrogens is 354 g/mol. The van der Waals surface area contributed by atoms with Crippen LogP contribution in [0.3, 0.4) is 0 Å². The van der Waals surface area contributed by atoms with Gasteiger partial charge in [-0.3, -0.25) is 14.9 Å². The summed E-state index contributed by atoms with van der Waals surface area (Å²) in [6.45, 7) is 1.06. The second-order valence-electron chi connectivity index (χ2n) is 7.98. The third-order valence-electron chi connectivity index (χ3n) is 6.82. The third kappa shape index (κ3) is 2.62. The van der Waals surface area contributed by atoms with Gasteiger partial charge in [-0.2, -0.15) is 0 Å². The number of anilines is 1. The van der Waals surface area contributed by atoms with Crippen molar-refractivity contribution in [2.45, 2.75) is 50.0 Å². The number of fused-ring (bicyclic) bond motifs is 1. The number of alkyl halides is 1. The number of halogens is 1. The average molecular weight is 378 g/mol. The number of nitrogens with zero attached hydrogens (tertiary/aromatic N) is 2. The van der Waals surface area contributed by atoms with E-state index >= 15 is 0 Å². The SMILES string of the molecule is CN1CC[C@]23CCCC[C@H]2[C@H]1Cc1cc([N+](=O)[O-])c(NC(=O)CCl)cc13. The maximum absolute atomic E-state index is 11.8. The number of hydrogen-bond acceptors (Lipinski definition) is 4. The van der Waals surface area contributed by atoms with Crippen molar-refractivity contribution >= 4 is 28.9 Å². The van der Waals surface area contributed by atoms with Crippen LogP contribution in [-0.2, 0) is 16.6 Å². The van der Waals surface area contributed by atoms with Crippen LogP contribution >= 0.6 is 11.6 Å². The normalized spacial score (nSPS) is 30.2. The summed E-state index contributed by atoms with van der Waals surface area (Å²) in [5.41, 5.74) is 2.65. The van der Waals surface area contributed by atoms with Gasteiger partial charge in [-0.25, -0.2) is 0 Å². The first kappa shape index (κ1) is 17.7. The van der Waals surface area contributed by atoms with Crippen molar-refractivity contribution in [1.29, 1.82) is 0 Å². The number of hydrogen-bond donors (Lipinski definition) is 1. The minimum Gasteiger partial charge on any atom is -0.319 e. The first-order valence-corrected chi connectivity index (χ1v) is 9.87. The standard InChI is InChI=1S/C19H24ClN3O3/c1-22-7-6-19-5-3-2-4-13(19)16(22)8-12-9-17(23(25)26)15(10-14(12)19)21-18(24)11-20/h9-10,13,16H,2-8,11H2,1H3,(H,21,24)/t13-,16+,19+/m0/s1. The highest BCUT2D eigenvalue weighted by molar-refractivity contribution is 6.29. The van der Waals surface area contributed by atoms with E-state index in [0.717, 1.165) is 31.4 Å². The van der Waals surface area contributed by atoms with Crippen LogP contribution in [0, 0.1) is 16.0 Å². The number of piperidine rings is 1. The Morgan fingerprint density at radius 2 is 2.23 bits per heavy atom. The molecule has 2 fully saturated rings. The summed E-state index contributed by atoms with van der Waals surface area (Å²) in [5.74, 6) is -0.0282. The van der Waals surface area contributed by atoms with E-state index in [9.17, 15) is 14.9 Å². The molecule has 1 N–H and O–H groups in total. The Hall–Kier alpha value is -1.66. The number of carbonyl (C=O) groups excluding carboxylic acids is 1. The van der Waals surface area contributed by atoms with E-state index < -0.39 is 10.8 Å². The lowest BCUT2D eigenvalue weighted by Crippen LogP contribution is -2.59. The molecule has 1 heterocycles. The van der Waals surface area contributed by atoms with Gasteiger partial charge in [0.25, 0.3) is 5.69 Å². The molecule has 1 aromatic carbocycles. The van der Waals surface area contributed by atoms with Crippen molar-refractivity contribution < 1.29 is 9.72 Å². The number of likely N-dealkylation sites (tertiary alicyclic amines) is 1. The van der Waals surface area contributed by atoms with Crippen molar-refractivity contribution in [2.75, 3.05) is 24.8 Å². The van der Waals surface area contributed by atoms with E-state index in [-0.39, 0.29) is 22.7 Å². The maximum Gasteiger partial charge on any atom is 0.293 e. The predicted molar refractivity (Wildman–Crippen MR) is 101 cm³/mol. The minimum absolute atomic E-state index is 0.0337. The van der Waals surface area contributed by atoms with Crippen molar-refractivity contribution in [3.63, 3.8) is 0 Å². The van der Waals surface area contributed by atoms with Crippen molar-refractivity contribution in [3.05, 3.63) is 33.4 Å². The van der Waals surface area contributed by atoms with E-state index in [1.54, 1.807) is 6.07 Å². The van der Waals surface area contributed by atoms with Gasteiger partial charge in [-0.05, 0) is 62.4 Å². The Bertz CT molecular complexity index is 769. The quantitative estimate of drug-likeness (QED) is 0.497. The zero-order valence-electron chi connectivity index (χ0n) is 15.0. The summed E-state index contributed by atoms with van der Waals surface area (Å²) in [4.78, 5) is 25.4. The number of carbonyl (C=O) groups is 1. The first-order valence-electron chi connectivity index (χ1n) is 9.34. The molecule has 6 nitrogen and oxygen atoms in total. The van der Waals surface area contributed by atoms with Gasteiger partial charge in [0, 0.05) is 17.5 Å². The molecule has 2 bridgehead atoms. The van der Waals surface area contributed by atoms with E-state index in [4.69, 9.17) is 11.6 Å². The predicted octanol–water partition coefficient (Wildman–Crippen LogP) is 3.46. The summed E-state index contributed by atoms with van der Waals surface area (Å²) < 4.78 is 0. The van der Waals surface area contributed by atoms with Gasteiger partial charge in [-0.15, -0.1) is 11.6 Å². The first-order chi connectivity index (χ1) is 12.5. The molecule has 1 aromatic rings. The number of amides is 1. The molecule has 1 saturated carbocycles. The van der Waals surface area contributed by atoms with Gasteiger partial charge in [0.1, 0.15) is 11.6 Å². The monoisotopic (exact) mass is 377 g/mol. The van der Waals surface area contributed by atoms with Gasteiger partial charge >= 0.3 is 0 Å². The molecule has 1 amide bonds. The van der Waals surface area contributed by atoms with Crippen LogP contribution in [0.15, 0.2) is 12.1 Å². The van der Waals surface area contributed by atoms with E-state index in [1.165, 1.54) is 24.8 Å². The lowest BCUT2D eigenvalue weighted by Gasteiger charge is -2.58. The Balaban J connectivity index is 1.87. The highest BCUT2D eigenvalue weighted by atomic mass is 35.5. The third-order valence-corrected chi connectivity index (χ3v) is 7.06. The van der Waals surface area contributed by atoms with E-state index in [1.807, 2.05) is 6.07 Å². The molecular formula is C19H24ClN3O3. The molecule has 0 spiro atoms. The summed E-state index contributed by atoms with van der Waals surface area (Å²) in [7, 11) is 2.18. The summed E-state index contributed by atoms with van der Waals surface area (Å²) in [5, 5.41) is 14.2. The van der Waals surface area contributed by atoms with Crippen LogP contribution in [0.1, 0.15) is 43.2 Å². The topological polar surface area (TPSA) is 75.5 Å². The smallest absolute Gasteiger partial charge is 0.293 e. The zero-order chi connectivity index (χ0) is 18.5. The van der Waals surface area contributed by atoms with Crippen LogP contribution < -0.4 is 5.32 Å². The van der Waals surface area contributed by atoms with Crippen molar-refractivity contribution in [1.82, 2.24) is 4.90 Å². The summed E-state index contributed by atoms with van der Waals surface area (Å²) >= 11 is 5.60. The van der Waals surface area contributed by atoms with Gasteiger partial charge in [0.05, 0.1) is 4.92 Å². The molecule has 0 aromatic heterocycles. The molecule has 2 aliphatic carbocycles. The number of nitrogens with one attached hydrogen (secondary N) is 1. The Morgan fingerprint density at radius 1 is 1.42 bits per heavy atom. The average Bonchev–Trinajstić information content (AvgIpc) is 2.64. The molecule has 26 heavy (non-hydrogen) atoms. The van der Waals surface area contributed by atoms with Crippen molar-refractivity contribution in [3.8, 4) is 0 Å². The fraction of sp³-hybridized carbons (Fsp3) is 0.632. The molecule has 0 unspecified atom stereocenters. The summed E-state index contributed by atoms with van der Waals surface area (Å²) in [6.07, 6.45) is 6.74. The second-order valence-corrected chi connectivity index (χ2v) is 8.24.